The second kappa shape index (κ2) is 9.51. The maximum Gasteiger partial charge on any atom is 0.307 e. The van der Waals surface area contributed by atoms with Crippen LogP contribution in [0.4, 0.5) is 5.69 Å². The van der Waals surface area contributed by atoms with E-state index in [4.69, 9.17) is 0 Å². The number of nitrogens with zero attached hydrogens (tertiary/aromatic N) is 2. The van der Waals surface area contributed by atoms with Crippen LogP contribution in [0.3, 0.4) is 0 Å². The number of pyridine rings is 2. The molecule has 2 atom stereocenters. The second-order valence-electron chi connectivity index (χ2n) is 7.94. The lowest BCUT2D eigenvalue weighted by molar-refractivity contribution is -0.142. The number of hydrogen-bond acceptors (Lipinski definition) is 5. The van der Waals surface area contributed by atoms with Crippen molar-refractivity contribution in [1.82, 2.24) is 9.97 Å². The van der Waals surface area contributed by atoms with Crippen LogP contribution in [0.5, 0.6) is 0 Å². The highest BCUT2D eigenvalue weighted by molar-refractivity contribution is 5.99. The Hall–Kier alpha value is -3.87. The average molecular weight is 429 g/mol. The molecule has 7 nitrogen and oxygen atoms in total. The Morgan fingerprint density at radius 1 is 0.938 bits per heavy atom. The fourth-order valence-corrected chi connectivity index (χ4v) is 4.11. The minimum absolute atomic E-state index is 0.123. The Bertz CT molecular complexity index is 1110. The SMILES string of the molecule is O=C(Cc1cccnc1)Nc1ccc(-c2ccc(C(=O)[C@@H]3CCC[C@H]3C(=O)O)nc2)cc1. The molecule has 1 aliphatic carbocycles. The van der Waals surface area contributed by atoms with Crippen LogP contribution in [0.25, 0.3) is 11.1 Å². The van der Waals surface area contributed by atoms with Gasteiger partial charge in [0.05, 0.1) is 12.3 Å². The number of carboxylic acids is 1. The maximum atomic E-state index is 12.7. The third kappa shape index (κ3) is 4.88. The van der Waals surface area contributed by atoms with Gasteiger partial charge in [-0.25, -0.2) is 0 Å². The fourth-order valence-electron chi connectivity index (χ4n) is 4.11. The molecule has 1 fully saturated rings. The van der Waals surface area contributed by atoms with E-state index in [1.807, 2.05) is 30.3 Å². The first-order valence-electron chi connectivity index (χ1n) is 10.5. The molecular weight excluding hydrogens is 406 g/mol. The van der Waals surface area contributed by atoms with Crippen molar-refractivity contribution in [3.8, 4) is 11.1 Å². The lowest BCUT2D eigenvalue weighted by Gasteiger charge is -2.14. The molecule has 0 unspecified atom stereocenters. The highest BCUT2D eigenvalue weighted by Gasteiger charge is 2.38. The Morgan fingerprint density at radius 2 is 1.69 bits per heavy atom. The lowest BCUT2D eigenvalue weighted by Crippen LogP contribution is -2.25. The van der Waals surface area contributed by atoms with Crippen molar-refractivity contribution in [3.05, 3.63) is 78.4 Å². The third-order valence-corrected chi connectivity index (χ3v) is 5.78. The largest absolute Gasteiger partial charge is 0.481 e. The molecule has 162 valence electrons. The van der Waals surface area contributed by atoms with Crippen LogP contribution in [0, 0.1) is 11.8 Å². The van der Waals surface area contributed by atoms with Crippen molar-refractivity contribution in [1.29, 1.82) is 0 Å². The second-order valence-corrected chi connectivity index (χ2v) is 7.94. The van der Waals surface area contributed by atoms with Gasteiger partial charge in [0.1, 0.15) is 5.69 Å². The number of Topliss-reactive ketones (excluding diaryl/α,β-unsaturated/α-hetero) is 1. The molecule has 2 aromatic heterocycles. The van der Waals surface area contributed by atoms with Gasteiger partial charge < -0.3 is 10.4 Å². The molecule has 2 N–H and O–H groups in total. The summed E-state index contributed by atoms with van der Waals surface area (Å²) >= 11 is 0. The number of rotatable bonds is 7. The van der Waals surface area contributed by atoms with Gasteiger partial charge in [0, 0.05) is 35.8 Å². The van der Waals surface area contributed by atoms with Crippen molar-refractivity contribution in [2.75, 3.05) is 5.32 Å². The zero-order chi connectivity index (χ0) is 22.5. The Labute approximate surface area is 185 Å². The maximum absolute atomic E-state index is 12.7. The molecular formula is C25H23N3O4. The highest BCUT2D eigenvalue weighted by Crippen LogP contribution is 2.34. The van der Waals surface area contributed by atoms with Crippen LogP contribution in [-0.4, -0.2) is 32.7 Å². The number of carboxylic acid groups (broad SMARTS) is 1. The first kappa shape index (κ1) is 21.4. The topological polar surface area (TPSA) is 109 Å². The van der Waals surface area contributed by atoms with Crippen LogP contribution < -0.4 is 5.32 Å². The lowest BCUT2D eigenvalue weighted by atomic mass is 9.90. The van der Waals surface area contributed by atoms with Gasteiger partial charge in [-0.1, -0.05) is 30.7 Å². The number of aliphatic carboxylic acids is 1. The number of hydrogen-bond donors (Lipinski definition) is 2. The molecule has 2 heterocycles. The van der Waals surface area contributed by atoms with E-state index >= 15 is 0 Å². The predicted octanol–water partition coefficient (Wildman–Crippen LogP) is 4.01. The number of nitrogens with one attached hydrogen (secondary N) is 1. The molecule has 0 aliphatic heterocycles. The number of anilines is 1. The van der Waals surface area contributed by atoms with Crippen LogP contribution >= 0.6 is 0 Å². The van der Waals surface area contributed by atoms with Crippen molar-refractivity contribution < 1.29 is 19.5 Å². The van der Waals surface area contributed by atoms with E-state index in [9.17, 15) is 19.5 Å². The summed E-state index contributed by atoms with van der Waals surface area (Å²) in [6.07, 6.45) is 7.07. The monoisotopic (exact) mass is 429 g/mol. The number of aromatic nitrogens is 2. The van der Waals surface area contributed by atoms with Crippen LogP contribution in [0.2, 0.25) is 0 Å². The van der Waals surface area contributed by atoms with E-state index in [2.05, 4.69) is 15.3 Å². The third-order valence-electron chi connectivity index (χ3n) is 5.78. The van der Waals surface area contributed by atoms with Gasteiger partial charge in [0.25, 0.3) is 0 Å². The summed E-state index contributed by atoms with van der Waals surface area (Å²) in [4.78, 5) is 44.6. The highest BCUT2D eigenvalue weighted by atomic mass is 16.4. The van der Waals surface area contributed by atoms with Gasteiger partial charge in [0.15, 0.2) is 5.78 Å². The Morgan fingerprint density at radius 3 is 2.34 bits per heavy atom. The normalized spacial score (nSPS) is 17.6. The summed E-state index contributed by atoms with van der Waals surface area (Å²) in [5.74, 6) is -2.36. The van der Waals surface area contributed by atoms with Gasteiger partial charge >= 0.3 is 5.97 Å². The van der Waals surface area contributed by atoms with Crippen molar-refractivity contribution in [2.45, 2.75) is 25.7 Å². The molecule has 32 heavy (non-hydrogen) atoms. The zero-order valence-corrected chi connectivity index (χ0v) is 17.4. The van der Waals surface area contributed by atoms with E-state index < -0.39 is 17.8 Å². The van der Waals surface area contributed by atoms with Crippen LogP contribution in [0.1, 0.15) is 35.3 Å². The summed E-state index contributed by atoms with van der Waals surface area (Å²) in [6.45, 7) is 0. The van der Waals surface area contributed by atoms with E-state index in [1.54, 1.807) is 36.8 Å². The molecule has 0 radical (unpaired) electrons. The average Bonchev–Trinajstić information content (AvgIpc) is 3.30. The van der Waals surface area contributed by atoms with Gasteiger partial charge in [-0.15, -0.1) is 0 Å². The first-order chi connectivity index (χ1) is 15.5. The summed E-state index contributed by atoms with van der Waals surface area (Å²) in [5, 5.41) is 12.2. The van der Waals surface area contributed by atoms with E-state index in [1.165, 1.54) is 0 Å². The molecule has 4 rings (SSSR count). The van der Waals surface area contributed by atoms with Crippen molar-refractivity contribution >= 4 is 23.3 Å². The van der Waals surface area contributed by atoms with E-state index in [0.717, 1.165) is 23.1 Å². The molecule has 1 aromatic carbocycles. The standard InChI is InChI=1S/C25H23N3O4/c29-23(13-16-3-2-12-26-14-16)28-19-9-6-17(7-10-19)18-8-11-22(27-15-18)24(30)20-4-1-5-21(20)25(31)32/h2-3,6-12,14-15,20-21H,1,4-5,13H2,(H,28,29)(H,31,32)/t20-,21-/m1/s1. The fraction of sp³-hybridized carbons (Fsp3) is 0.240. The molecule has 1 amide bonds. The van der Waals surface area contributed by atoms with Crippen LogP contribution in [-0.2, 0) is 16.0 Å². The molecule has 0 bridgehead atoms. The summed E-state index contributed by atoms with van der Waals surface area (Å²) in [5.41, 5.74) is 3.55. The number of amides is 1. The van der Waals surface area contributed by atoms with Crippen molar-refractivity contribution in [2.24, 2.45) is 11.8 Å². The van der Waals surface area contributed by atoms with Crippen molar-refractivity contribution in [3.63, 3.8) is 0 Å². The van der Waals surface area contributed by atoms with Gasteiger partial charge in [-0.2, -0.15) is 0 Å². The minimum Gasteiger partial charge on any atom is -0.481 e. The number of benzene rings is 1. The number of carbonyl (C=O) groups excluding carboxylic acids is 2. The smallest absolute Gasteiger partial charge is 0.307 e. The first-order valence-corrected chi connectivity index (χ1v) is 10.5. The minimum atomic E-state index is -0.912. The number of carbonyl (C=O) groups is 3. The van der Waals surface area contributed by atoms with Crippen LogP contribution in [0.15, 0.2) is 67.1 Å². The van der Waals surface area contributed by atoms with E-state index in [0.29, 0.717) is 24.2 Å². The predicted molar refractivity (Wildman–Crippen MR) is 119 cm³/mol. The Kier molecular flexibility index (Phi) is 6.35. The molecule has 7 heteroatoms. The molecule has 0 spiro atoms. The molecule has 3 aromatic rings. The van der Waals surface area contributed by atoms with Gasteiger partial charge in [0.2, 0.25) is 5.91 Å². The zero-order valence-electron chi connectivity index (χ0n) is 17.4. The molecule has 1 aliphatic rings. The summed E-state index contributed by atoms with van der Waals surface area (Å²) in [6, 6.07) is 14.5. The summed E-state index contributed by atoms with van der Waals surface area (Å²) < 4.78 is 0. The Balaban J connectivity index is 1.39. The number of ketones is 1. The summed E-state index contributed by atoms with van der Waals surface area (Å²) in [7, 11) is 0. The quantitative estimate of drug-likeness (QED) is 0.549. The van der Waals surface area contributed by atoms with Gasteiger partial charge in [-0.05, 0) is 48.2 Å². The van der Waals surface area contributed by atoms with Gasteiger partial charge in [-0.3, -0.25) is 24.4 Å². The van der Waals surface area contributed by atoms with E-state index in [-0.39, 0.29) is 18.1 Å². The molecule has 1 saturated carbocycles. The molecule has 0 saturated heterocycles.